The minimum Gasteiger partial charge on any atom is -0.491 e. The van der Waals surface area contributed by atoms with Gasteiger partial charge >= 0.3 is 0 Å². The van der Waals surface area contributed by atoms with Gasteiger partial charge in [0, 0.05) is 24.3 Å². The first-order valence-corrected chi connectivity index (χ1v) is 8.47. The van der Waals surface area contributed by atoms with E-state index in [1.165, 1.54) is 5.56 Å². The smallest absolute Gasteiger partial charge is 0.226 e. The van der Waals surface area contributed by atoms with Crippen LogP contribution in [-0.2, 0) is 11.2 Å². The van der Waals surface area contributed by atoms with Crippen LogP contribution in [-0.4, -0.2) is 18.6 Å². The first-order valence-electron chi connectivity index (χ1n) is 8.47. The molecular weight excluding hydrogens is 300 g/mol. The second kappa shape index (κ2) is 8.96. The molecular formula is C20H26N2O2. The maximum absolute atomic E-state index is 12.0. The number of benzene rings is 2. The van der Waals surface area contributed by atoms with E-state index in [-0.39, 0.29) is 12.0 Å². The van der Waals surface area contributed by atoms with Crippen molar-refractivity contribution in [3.63, 3.8) is 0 Å². The van der Waals surface area contributed by atoms with E-state index < -0.39 is 0 Å². The van der Waals surface area contributed by atoms with Crippen molar-refractivity contribution < 1.29 is 9.53 Å². The molecule has 0 aromatic heterocycles. The first-order chi connectivity index (χ1) is 11.6. The number of carbonyl (C=O) groups excluding carboxylic acids is 1. The summed E-state index contributed by atoms with van der Waals surface area (Å²) in [6.45, 7) is 6.70. The Morgan fingerprint density at radius 1 is 1.08 bits per heavy atom. The van der Waals surface area contributed by atoms with Gasteiger partial charge in [-0.25, -0.2) is 0 Å². The van der Waals surface area contributed by atoms with Crippen molar-refractivity contribution in [1.29, 1.82) is 0 Å². The summed E-state index contributed by atoms with van der Waals surface area (Å²) >= 11 is 0. The molecule has 2 aromatic carbocycles. The summed E-state index contributed by atoms with van der Waals surface area (Å²) in [5.41, 5.74) is 3.15. The minimum atomic E-state index is -0.00555. The van der Waals surface area contributed by atoms with Crippen LogP contribution >= 0.6 is 0 Å². The molecule has 4 heteroatoms. The van der Waals surface area contributed by atoms with E-state index in [0.717, 1.165) is 23.5 Å². The molecule has 2 aromatic rings. The van der Waals surface area contributed by atoms with Crippen molar-refractivity contribution in [1.82, 2.24) is 0 Å². The number of rotatable bonds is 8. The number of para-hydroxylation sites is 1. The van der Waals surface area contributed by atoms with Crippen LogP contribution in [0.3, 0.4) is 0 Å². The van der Waals surface area contributed by atoms with Gasteiger partial charge in [0.2, 0.25) is 5.91 Å². The highest BCUT2D eigenvalue weighted by atomic mass is 16.5. The zero-order chi connectivity index (χ0) is 17.4. The molecule has 0 aliphatic rings. The molecule has 0 bridgehead atoms. The lowest BCUT2D eigenvalue weighted by molar-refractivity contribution is -0.115. The van der Waals surface area contributed by atoms with Crippen LogP contribution in [0.4, 0.5) is 11.4 Å². The lowest BCUT2D eigenvalue weighted by atomic mass is 10.1. The number of amides is 1. The molecule has 0 atom stereocenters. The van der Waals surface area contributed by atoms with Crippen LogP contribution in [0.2, 0.25) is 0 Å². The van der Waals surface area contributed by atoms with Gasteiger partial charge in [0.15, 0.2) is 0 Å². The van der Waals surface area contributed by atoms with Crippen molar-refractivity contribution in [3.8, 4) is 5.75 Å². The lowest BCUT2D eigenvalue weighted by Crippen LogP contribution is -2.16. The highest BCUT2D eigenvalue weighted by Gasteiger charge is 2.04. The van der Waals surface area contributed by atoms with Crippen LogP contribution in [0.15, 0.2) is 48.5 Å². The Balaban J connectivity index is 1.79. The monoisotopic (exact) mass is 326 g/mol. The van der Waals surface area contributed by atoms with Gasteiger partial charge < -0.3 is 15.4 Å². The van der Waals surface area contributed by atoms with E-state index >= 15 is 0 Å². The van der Waals surface area contributed by atoms with Crippen molar-refractivity contribution in [2.75, 3.05) is 17.2 Å². The van der Waals surface area contributed by atoms with Gasteiger partial charge in [0.1, 0.15) is 5.75 Å². The van der Waals surface area contributed by atoms with E-state index in [2.05, 4.69) is 23.6 Å². The van der Waals surface area contributed by atoms with Gasteiger partial charge in [-0.1, -0.05) is 25.1 Å². The SMILES string of the molecule is CCc1ccccc1NCCC(=O)Nc1ccc(OC(C)C)cc1. The summed E-state index contributed by atoms with van der Waals surface area (Å²) < 4.78 is 5.59. The van der Waals surface area contributed by atoms with Crippen LogP contribution < -0.4 is 15.4 Å². The maximum Gasteiger partial charge on any atom is 0.226 e. The third-order valence-electron chi connectivity index (χ3n) is 3.58. The largest absolute Gasteiger partial charge is 0.491 e. The second-order valence-corrected chi connectivity index (χ2v) is 5.93. The number of carbonyl (C=O) groups is 1. The van der Waals surface area contributed by atoms with Crippen molar-refractivity contribution in [2.45, 2.75) is 39.7 Å². The molecule has 0 unspecified atom stereocenters. The highest BCUT2D eigenvalue weighted by molar-refractivity contribution is 5.91. The van der Waals surface area contributed by atoms with E-state index in [1.807, 2.05) is 56.3 Å². The molecule has 0 aliphatic heterocycles. The molecule has 0 saturated carbocycles. The van der Waals surface area contributed by atoms with Crippen LogP contribution in [0.5, 0.6) is 5.75 Å². The van der Waals surface area contributed by atoms with E-state index in [1.54, 1.807) is 0 Å². The third-order valence-corrected chi connectivity index (χ3v) is 3.58. The van der Waals surface area contributed by atoms with Gasteiger partial charge in [0.25, 0.3) is 0 Å². The quantitative estimate of drug-likeness (QED) is 0.752. The Hall–Kier alpha value is -2.49. The molecule has 2 rings (SSSR count). The number of anilines is 2. The minimum absolute atomic E-state index is 0.00555. The number of hydrogen-bond donors (Lipinski definition) is 2. The molecule has 4 nitrogen and oxygen atoms in total. The molecule has 0 spiro atoms. The standard InChI is InChI=1S/C20H26N2O2/c1-4-16-7-5-6-8-19(16)21-14-13-20(23)22-17-9-11-18(12-10-17)24-15(2)3/h5-12,15,21H,4,13-14H2,1-3H3,(H,22,23). The number of hydrogen-bond acceptors (Lipinski definition) is 3. The van der Waals surface area contributed by atoms with E-state index in [4.69, 9.17) is 4.74 Å². The van der Waals surface area contributed by atoms with E-state index in [0.29, 0.717) is 13.0 Å². The molecule has 0 heterocycles. The molecule has 128 valence electrons. The summed E-state index contributed by atoms with van der Waals surface area (Å²) in [4.78, 5) is 12.0. The summed E-state index contributed by atoms with van der Waals surface area (Å²) in [5, 5.41) is 6.23. The Morgan fingerprint density at radius 2 is 1.79 bits per heavy atom. The summed E-state index contributed by atoms with van der Waals surface area (Å²) in [7, 11) is 0. The number of aryl methyl sites for hydroxylation is 1. The fourth-order valence-electron chi connectivity index (χ4n) is 2.42. The van der Waals surface area contributed by atoms with Crippen LogP contribution in [0.25, 0.3) is 0 Å². The van der Waals surface area contributed by atoms with Gasteiger partial charge in [-0.15, -0.1) is 0 Å². The van der Waals surface area contributed by atoms with Gasteiger partial charge in [-0.2, -0.15) is 0 Å². The molecule has 0 aliphatic carbocycles. The molecule has 2 N–H and O–H groups in total. The highest BCUT2D eigenvalue weighted by Crippen LogP contribution is 2.17. The summed E-state index contributed by atoms with van der Waals surface area (Å²) in [6.07, 6.45) is 1.53. The van der Waals surface area contributed by atoms with Crippen LogP contribution in [0, 0.1) is 0 Å². The molecule has 0 saturated heterocycles. The number of ether oxygens (including phenoxy) is 1. The predicted octanol–water partition coefficient (Wildman–Crippen LogP) is 4.48. The van der Waals surface area contributed by atoms with Crippen LogP contribution in [0.1, 0.15) is 32.8 Å². The molecule has 0 fully saturated rings. The first kappa shape index (κ1) is 17.9. The third kappa shape index (κ3) is 5.61. The lowest BCUT2D eigenvalue weighted by Gasteiger charge is -2.12. The maximum atomic E-state index is 12.0. The molecule has 24 heavy (non-hydrogen) atoms. The molecule has 0 radical (unpaired) electrons. The zero-order valence-electron chi connectivity index (χ0n) is 14.6. The number of nitrogens with one attached hydrogen (secondary N) is 2. The van der Waals surface area contributed by atoms with Crippen molar-refractivity contribution >= 4 is 17.3 Å². The topological polar surface area (TPSA) is 50.4 Å². The van der Waals surface area contributed by atoms with Crippen molar-refractivity contribution in [2.24, 2.45) is 0 Å². The average Bonchev–Trinajstić information content (AvgIpc) is 2.56. The van der Waals surface area contributed by atoms with Gasteiger partial charge in [-0.05, 0) is 56.2 Å². The van der Waals surface area contributed by atoms with Gasteiger partial charge in [0.05, 0.1) is 6.10 Å². The summed E-state index contributed by atoms with van der Waals surface area (Å²) in [5.74, 6) is 0.801. The fourth-order valence-corrected chi connectivity index (χ4v) is 2.42. The van der Waals surface area contributed by atoms with Crippen molar-refractivity contribution in [3.05, 3.63) is 54.1 Å². The zero-order valence-corrected chi connectivity index (χ0v) is 14.6. The van der Waals surface area contributed by atoms with E-state index in [9.17, 15) is 4.79 Å². The Morgan fingerprint density at radius 3 is 2.46 bits per heavy atom. The summed E-state index contributed by atoms with van der Waals surface area (Å²) in [6, 6.07) is 15.6. The molecule has 1 amide bonds. The predicted molar refractivity (Wildman–Crippen MR) is 99.8 cm³/mol. The fraction of sp³-hybridized carbons (Fsp3) is 0.350. The Bertz CT molecular complexity index is 651. The average molecular weight is 326 g/mol. The Labute approximate surface area is 144 Å². The Kier molecular flexibility index (Phi) is 6.67. The second-order valence-electron chi connectivity index (χ2n) is 5.93. The van der Waals surface area contributed by atoms with Gasteiger partial charge in [-0.3, -0.25) is 4.79 Å². The normalized spacial score (nSPS) is 10.5.